The maximum atomic E-state index is 10.8. The van der Waals surface area contributed by atoms with Crippen LogP contribution in [0.2, 0.25) is 0 Å². The molecule has 94 valence electrons. The van der Waals surface area contributed by atoms with Crippen molar-refractivity contribution in [2.45, 2.75) is 13.3 Å². The molecule has 0 saturated carbocycles. The molecule has 0 spiro atoms. The maximum Gasteiger partial charge on any atom is 0.323 e. The molecule has 0 aliphatic heterocycles. The summed E-state index contributed by atoms with van der Waals surface area (Å²) in [6.07, 6.45) is 2.25. The van der Waals surface area contributed by atoms with E-state index in [9.17, 15) is 4.79 Å². The summed E-state index contributed by atoms with van der Waals surface area (Å²) in [7, 11) is 1.58. The normalized spacial score (nSPS) is 10.2. The van der Waals surface area contributed by atoms with Gasteiger partial charge in [0, 0.05) is 25.4 Å². The van der Waals surface area contributed by atoms with E-state index < -0.39 is 5.97 Å². The summed E-state index contributed by atoms with van der Waals surface area (Å²) in [5.41, 5.74) is 0.891. The van der Waals surface area contributed by atoms with Gasteiger partial charge >= 0.3 is 5.97 Å². The summed E-state index contributed by atoms with van der Waals surface area (Å²) in [5, 5.41) is 8.85. The van der Waals surface area contributed by atoms with Gasteiger partial charge in [-0.2, -0.15) is 0 Å². The highest BCUT2D eigenvalue weighted by Gasteiger charge is 2.12. The van der Waals surface area contributed by atoms with E-state index in [0.29, 0.717) is 19.0 Å². The third-order valence-electron chi connectivity index (χ3n) is 2.29. The molecule has 1 aromatic rings. The highest BCUT2D eigenvalue weighted by Crippen LogP contribution is 2.10. The molecule has 0 amide bonds. The van der Waals surface area contributed by atoms with Crippen LogP contribution in [0.3, 0.4) is 0 Å². The molecule has 0 saturated heterocycles. The number of hydrogen-bond donors (Lipinski definition) is 1. The third kappa shape index (κ3) is 4.36. The number of nitrogens with zero attached hydrogens (tertiary/aromatic N) is 3. The zero-order chi connectivity index (χ0) is 12.7. The summed E-state index contributed by atoms with van der Waals surface area (Å²) < 4.78 is 4.95. The van der Waals surface area contributed by atoms with Gasteiger partial charge in [0.25, 0.3) is 0 Å². The largest absolute Gasteiger partial charge is 0.480 e. The highest BCUT2D eigenvalue weighted by molar-refractivity contribution is 5.73. The number of aromatic nitrogens is 2. The van der Waals surface area contributed by atoms with E-state index in [-0.39, 0.29) is 6.54 Å². The van der Waals surface area contributed by atoms with Gasteiger partial charge in [0.2, 0.25) is 0 Å². The van der Waals surface area contributed by atoms with Gasteiger partial charge in [0.1, 0.15) is 18.7 Å². The first kappa shape index (κ1) is 13.4. The number of anilines is 1. The van der Waals surface area contributed by atoms with Crippen LogP contribution in [-0.2, 0) is 16.0 Å². The second kappa shape index (κ2) is 6.80. The van der Waals surface area contributed by atoms with Crippen LogP contribution in [0.25, 0.3) is 0 Å². The Kier molecular flexibility index (Phi) is 5.35. The number of ether oxygens (including phenoxy) is 1. The molecule has 6 nitrogen and oxygen atoms in total. The van der Waals surface area contributed by atoms with Gasteiger partial charge in [0.05, 0.1) is 6.61 Å². The number of rotatable bonds is 7. The molecular weight excluding hydrogens is 222 g/mol. The quantitative estimate of drug-likeness (QED) is 0.750. The first-order chi connectivity index (χ1) is 8.17. The van der Waals surface area contributed by atoms with Crippen molar-refractivity contribution in [3.8, 4) is 0 Å². The number of carboxylic acid groups (broad SMARTS) is 1. The smallest absolute Gasteiger partial charge is 0.323 e. The molecule has 0 aliphatic rings. The van der Waals surface area contributed by atoms with E-state index in [1.165, 1.54) is 6.33 Å². The van der Waals surface area contributed by atoms with E-state index >= 15 is 0 Å². The fourth-order valence-electron chi connectivity index (χ4n) is 1.39. The fourth-order valence-corrected chi connectivity index (χ4v) is 1.39. The number of aryl methyl sites for hydroxylation is 1. The van der Waals surface area contributed by atoms with E-state index in [4.69, 9.17) is 9.84 Å². The zero-order valence-corrected chi connectivity index (χ0v) is 10.1. The van der Waals surface area contributed by atoms with Gasteiger partial charge in [-0.25, -0.2) is 9.97 Å². The molecule has 17 heavy (non-hydrogen) atoms. The predicted octanol–water partition coefficient (Wildman–Crippen LogP) is 0.576. The van der Waals surface area contributed by atoms with Crippen molar-refractivity contribution in [2.24, 2.45) is 0 Å². The number of carbonyl (C=O) groups is 1. The lowest BCUT2D eigenvalue weighted by Crippen LogP contribution is -2.33. The van der Waals surface area contributed by atoms with Crippen molar-refractivity contribution in [2.75, 3.05) is 31.7 Å². The van der Waals surface area contributed by atoms with E-state index in [0.717, 1.165) is 12.1 Å². The Hall–Kier alpha value is -1.69. The van der Waals surface area contributed by atoms with E-state index in [2.05, 4.69) is 9.97 Å². The molecule has 0 aromatic carbocycles. The maximum absolute atomic E-state index is 10.8. The Balaban J connectivity index is 2.82. The Morgan fingerprint density at radius 3 is 2.88 bits per heavy atom. The van der Waals surface area contributed by atoms with E-state index in [1.807, 2.05) is 6.92 Å². The van der Waals surface area contributed by atoms with Crippen molar-refractivity contribution in [1.29, 1.82) is 0 Å². The molecule has 1 rings (SSSR count). The molecule has 0 aliphatic carbocycles. The van der Waals surface area contributed by atoms with Crippen LogP contribution < -0.4 is 4.90 Å². The van der Waals surface area contributed by atoms with Crippen molar-refractivity contribution in [3.05, 3.63) is 18.1 Å². The second-order valence-corrected chi connectivity index (χ2v) is 3.53. The van der Waals surface area contributed by atoms with Gasteiger partial charge in [0.15, 0.2) is 0 Å². The summed E-state index contributed by atoms with van der Waals surface area (Å²) >= 11 is 0. The molecule has 1 N–H and O–H groups in total. The van der Waals surface area contributed by atoms with Crippen molar-refractivity contribution < 1.29 is 14.6 Å². The number of carboxylic acids is 1. The van der Waals surface area contributed by atoms with E-state index in [1.54, 1.807) is 18.1 Å². The summed E-state index contributed by atoms with van der Waals surface area (Å²) in [6.45, 7) is 2.84. The number of hydrogen-bond acceptors (Lipinski definition) is 5. The molecular formula is C11H17N3O3. The zero-order valence-electron chi connectivity index (χ0n) is 10.1. The van der Waals surface area contributed by atoms with Crippen molar-refractivity contribution in [1.82, 2.24) is 9.97 Å². The standard InChI is InChI=1S/C11H17N3O3/c1-3-9-6-10(13-8-12-9)14(4-5-17-2)7-11(15)16/h6,8H,3-5,7H2,1-2H3,(H,15,16). The monoisotopic (exact) mass is 239 g/mol. The first-order valence-electron chi connectivity index (χ1n) is 5.44. The molecule has 0 fully saturated rings. The minimum atomic E-state index is -0.891. The number of aliphatic carboxylic acids is 1. The van der Waals surface area contributed by atoms with Gasteiger partial charge < -0.3 is 14.7 Å². The lowest BCUT2D eigenvalue weighted by atomic mass is 10.3. The molecule has 0 bridgehead atoms. The minimum Gasteiger partial charge on any atom is -0.480 e. The van der Waals surface area contributed by atoms with Crippen LogP contribution in [0.5, 0.6) is 0 Å². The van der Waals surface area contributed by atoms with Gasteiger partial charge in [-0.1, -0.05) is 6.92 Å². The van der Waals surface area contributed by atoms with Gasteiger partial charge in [-0.05, 0) is 6.42 Å². The average Bonchev–Trinajstić information content (AvgIpc) is 2.34. The van der Waals surface area contributed by atoms with Gasteiger partial charge in [-0.15, -0.1) is 0 Å². The fraction of sp³-hybridized carbons (Fsp3) is 0.545. The minimum absolute atomic E-state index is 0.0937. The summed E-state index contributed by atoms with van der Waals surface area (Å²) in [6, 6.07) is 1.80. The Labute approximate surface area is 100 Å². The summed E-state index contributed by atoms with van der Waals surface area (Å²) in [4.78, 5) is 20.6. The number of methoxy groups -OCH3 is 1. The van der Waals surface area contributed by atoms with Crippen LogP contribution >= 0.6 is 0 Å². The Morgan fingerprint density at radius 1 is 1.53 bits per heavy atom. The molecule has 0 atom stereocenters. The van der Waals surface area contributed by atoms with Crippen molar-refractivity contribution >= 4 is 11.8 Å². The van der Waals surface area contributed by atoms with Crippen LogP contribution in [0, 0.1) is 0 Å². The lowest BCUT2D eigenvalue weighted by Gasteiger charge is -2.21. The van der Waals surface area contributed by atoms with Crippen LogP contribution in [0.4, 0.5) is 5.82 Å². The molecule has 1 heterocycles. The Bertz CT molecular complexity index is 371. The molecule has 1 aromatic heterocycles. The van der Waals surface area contributed by atoms with Crippen LogP contribution in [-0.4, -0.2) is 47.8 Å². The van der Waals surface area contributed by atoms with Crippen LogP contribution in [0.15, 0.2) is 12.4 Å². The van der Waals surface area contributed by atoms with Crippen molar-refractivity contribution in [3.63, 3.8) is 0 Å². The Morgan fingerprint density at radius 2 is 2.29 bits per heavy atom. The summed E-state index contributed by atoms with van der Waals surface area (Å²) in [5.74, 6) is -0.269. The predicted molar refractivity (Wildman–Crippen MR) is 63.1 cm³/mol. The van der Waals surface area contributed by atoms with Crippen LogP contribution in [0.1, 0.15) is 12.6 Å². The molecule has 0 radical (unpaired) electrons. The molecule has 6 heteroatoms. The SMILES string of the molecule is CCc1cc(N(CCOC)CC(=O)O)ncn1. The second-order valence-electron chi connectivity index (χ2n) is 3.53. The third-order valence-corrected chi connectivity index (χ3v) is 2.29. The highest BCUT2D eigenvalue weighted by atomic mass is 16.5. The average molecular weight is 239 g/mol. The molecule has 0 unspecified atom stereocenters. The van der Waals surface area contributed by atoms with Gasteiger partial charge in [-0.3, -0.25) is 4.79 Å². The topological polar surface area (TPSA) is 75.5 Å². The first-order valence-corrected chi connectivity index (χ1v) is 5.44. The lowest BCUT2D eigenvalue weighted by molar-refractivity contribution is -0.135.